The summed E-state index contributed by atoms with van der Waals surface area (Å²) in [6.07, 6.45) is -3.28. The van der Waals surface area contributed by atoms with E-state index in [2.05, 4.69) is 10.3 Å². The van der Waals surface area contributed by atoms with Gasteiger partial charge in [0, 0.05) is 17.3 Å². The number of aromatic nitrogens is 1. The van der Waals surface area contributed by atoms with Crippen LogP contribution in [0.25, 0.3) is 10.9 Å². The summed E-state index contributed by atoms with van der Waals surface area (Å²) in [4.78, 5) is 28.4. The molecule has 1 aromatic heterocycles. The maximum atomic E-state index is 13.1. The van der Waals surface area contributed by atoms with Crippen LogP contribution in [-0.2, 0) is 10.9 Å². The average molecular weight is 417 g/mol. The minimum Gasteiger partial charge on any atom is -0.462 e. The summed E-state index contributed by atoms with van der Waals surface area (Å²) in [6.45, 7) is 3.56. The van der Waals surface area contributed by atoms with Gasteiger partial charge in [-0.3, -0.25) is 9.78 Å². The number of nitrogens with one attached hydrogen (secondary N) is 1. The zero-order valence-corrected chi connectivity index (χ0v) is 16.1. The summed E-state index contributed by atoms with van der Waals surface area (Å²) in [5, 5.41) is 3.20. The number of esters is 1. The fraction of sp³-hybridized carbons (Fsp3) is 0.190. The molecule has 1 heterocycles. The molecular weight excluding hydrogens is 399 g/mol. The lowest BCUT2D eigenvalue weighted by Crippen LogP contribution is -2.15. The molecule has 156 valence electrons. The van der Waals surface area contributed by atoms with Crippen molar-refractivity contribution in [3.05, 3.63) is 64.8 Å². The van der Waals surface area contributed by atoms with Crippen LogP contribution in [0.4, 0.5) is 24.5 Å². The van der Waals surface area contributed by atoms with Crippen molar-refractivity contribution < 1.29 is 27.5 Å². The molecule has 0 aliphatic rings. The van der Waals surface area contributed by atoms with E-state index in [1.165, 1.54) is 24.4 Å². The molecule has 0 bridgehead atoms. The molecule has 0 aliphatic heterocycles. The van der Waals surface area contributed by atoms with E-state index < -0.39 is 23.6 Å². The number of carbonyl (C=O) groups excluding carboxylic acids is 2. The van der Waals surface area contributed by atoms with Gasteiger partial charge < -0.3 is 15.8 Å². The highest BCUT2D eigenvalue weighted by atomic mass is 19.4. The van der Waals surface area contributed by atoms with Crippen molar-refractivity contribution in [1.82, 2.24) is 4.98 Å². The van der Waals surface area contributed by atoms with Gasteiger partial charge >= 0.3 is 12.1 Å². The van der Waals surface area contributed by atoms with Gasteiger partial charge in [0.15, 0.2) is 0 Å². The third-order valence-electron chi connectivity index (χ3n) is 4.40. The number of pyridine rings is 1. The molecule has 2 aromatic carbocycles. The third-order valence-corrected chi connectivity index (χ3v) is 4.40. The van der Waals surface area contributed by atoms with Crippen molar-refractivity contribution >= 4 is 34.2 Å². The topological polar surface area (TPSA) is 94.3 Å². The molecule has 9 heteroatoms. The van der Waals surface area contributed by atoms with Crippen LogP contribution >= 0.6 is 0 Å². The monoisotopic (exact) mass is 417 g/mol. The molecule has 3 rings (SSSR count). The number of fused-ring (bicyclic) bond motifs is 1. The number of ether oxygens (including phenoxy) is 1. The number of nitrogens with zero attached hydrogens (tertiary/aromatic N) is 1. The van der Waals surface area contributed by atoms with Crippen LogP contribution in [-0.4, -0.2) is 23.5 Å². The quantitative estimate of drug-likeness (QED) is 0.593. The molecule has 0 aliphatic carbocycles. The van der Waals surface area contributed by atoms with Crippen molar-refractivity contribution in [2.24, 2.45) is 5.73 Å². The molecule has 3 N–H and O–H groups in total. The van der Waals surface area contributed by atoms with Gasteiger partial charge in [0.25, 0.3) is 5.91 Å². The Kier molecular flexibility index (Phi) is 5.64. The van der Waals surface area contributed by atoms with E-state index >= 15 is 0 Å². The van der Waals surface area contributed by atoms with Crippen LogP contribution in [0.5, 0.6) is 0 Å². The number of hydrogen-bond donors (Lipinski definition) is 2. The Bertz CT molecular complexity index is 1140. The standard InChI is InChI=1S/C21H18F3N3O3/c1-3-30-20(29)12-7-11(2)17-15(8-12)18(16(10-26-17)19(25)28)27-14-6-4-5-13(9-14)21(22,23)24/h4-10H,3H2,1-2H3,(H2,25,28)(H,26,27). The highest BCUT2D eigenvalue weighted by Crippen LogP contribution is 2.34. The molecule has 30 heavy (non-hydrogen) atoms. The smallest absolute Gasteiger partial charge is 0.416 e. The van der Waals surface area contributed by atoms with Crippen molar-refractivity contribution in [3.8, 4) is 0 Å². The summed E-state index contributed by atoms with van der Waals surface area (Å²) >= 11 is 0. The molecule has 6 nitrogen and oxygen atoms in total. The summed E-state index contributed by atoms with van der Waals surface area (Å²) in [7, 11) is 0. The van der Waals surface area contributed by atoms with E-state index in [1.54, 1.807) is 19.9 Å². The van der Waals surface area contributed by atoms with Crippen LogP contribution in [0.1, 0.15) is 38.8 Å². The summed E-state index contributed by atoms with van der Waals surface area (Å²) in [5.74, 6) is -1.39. The maximum Gasteiger partial charge on any atom is 0.416 e. The minimum atomic E-state index is -4.53. The Morgan fingerprint density at radius 2 is 1.93 bits per heavy atom. The lowest BCUT2D eigenvalue weighted by Gasteiger charge is -2.16. The second-order valence-electron chi connectivity index (χ2n) is 6.52. The molecule has 0 unspecified atom stereocenters. The second kappa shape index (κ2) is 8.02. The predicted octanol–water partition coefficient (Wildman–Crippen LogP) is 4.58. The Hall–Kier alpha value is -3.62. The highest BCUT2D eigenvalue weighted by molar-refractivity contribution is 6.09. The van der Waals surface area contributed by atoms with Gasteiger partial charge in [-0.25, -0.2) is 4.79 Å². The van der Waals surface area contributed by atoms with Gasteiger partial charge in [-0.1, -0.05) is 6.07 Å². The number of halogens is 3. The molecule has 1 amide bonds. The lowest BCUT2D eigenvalue weighted by molar-refractivity contribution is -0.137. The summed E-state index contributed by atoms with van der Waals surface area (Å²) in [5.41, 5.74) is 6.13. The molecule has 0 fully saturated rings. The first-order valence-electron chi connectivity index (χ1n) is 8.96. The number of carbonyl (C=O) groups is 2. The first-order valence-corrected chi connectivity index (χ1v) is 8.96. The number of alkyl halides is 3. The highest BCUT2D eigenvalue weighted by Gasteiger charge is 2.30. The van der Waals surface area contributed by atoms with Crippen molar-refractivity contribution in [1.29, 1.82) is 0 Å². The molecule has 0 radical (unpaired) electrons. The predicted molar refractivity (Wildman–Crippen MR) is 106 cm³/mol. The fourth-order valence-electron chi connectivity index (χ4n) is 3.05. The van der Waals surface area contributed by atoms with Gasteiger partial charge in [-0.05, 0) is 49.7 Å². The van der Waals surface area contributed by atoms with Crippen molar-refractivity contribution in [3.63, 3.8) is 0 Å². The zero-order chi connectivity index (χ0) is 22.1. The fourth-order valence-corrected chi connectivity index (χ4v) is 3.05. The van der Waals surface area contributed by atoms with E-state index in [1.807, 2.05) is 0 Å². The van der Waals surface area contributed by atoms with E-state index in [9.17, 15) is 22.8 Å². The Labute approximate surface area is 169 Å². The minimum absolute atomic E-state index is 0.0275. The van der Waals surface area contributed by atoms with Crippen LogP contribution in [0.2, 0.25) is 0 Å². The lowest BCUT2D eigenvalue weighted by atomic mass is 10.0. The molecule has 0 saturated heterocycles. The van der Waals surface area contributed by atoms with Crippen LogP contribution in [0.15, 0.2) is 42.6 Å². The van der Waals surface area contributed by atoms with E-state index in [4.69, 9.17) is 10.5 Å². The SMILES string of the molecule is CCOC(=O)c1cc(C)c2ncc(C(N)=O)c(Nc3cccc(C(F)(F)F)c3)c2c1. The first-order chi connectivity index (χ1) is 14.1. The molecule has 0 spiro atoms. The van der Waals surface area contributed by atoms with Gasteiger partial charge in [0.2, 0.25) is 0 Å². The first kappa shape index (κ1) is 21.1. The third kappa shape index (κ3) is 4.19. The van der Waals surface area contributed by atoms with Crippen LogP contribution in [0.3, 0.4) is 0 Å². The maximum absolute atomic E-state index is 13.1. The van der Waals surface area contributed by atoms with Crippen molar-refractivity contribution in [2.75, 3.05) is 11.9 Å². The molecule has 0 atom stereocenters. The number of hydrogen-bond acceptors (Lipinski definition) is 5. The van der Waals surface area contributed by atoms with E-state index in [0.717, 1.165) is 12.1 Å². The number of nitrogens with two attached hydrogens (primary N) is 1. The molecule has 3 aromatic rings. The Morgan fingerprint density at radius 1 is 1.20 bits per heavy atom. The number of anilines is 2. The largest absolute Gasteiger partial charge is 0.462 e. The number of primary amides is 1. The second-order valence-corrected chi connectivity index (χ2v) is 6.52. The van der Waals surface area contributed by atoms with Crippen LogP contribution in [0, 0.1) is 6.92 Å². The van der Waals surface area contributed by atoms with Crippen LogP contribution < -0.4 is 11.1 Å². The number of aryl methyl sites for hydroxylation is 1. The normalized spacial score (nSPS) is 11.4. The Morgan fingerprint density at radius 3 is 2.57 bits per heavy atom. The number of amides is 1. The summed E-state index contributed by atoms with van der Waals surface area (Å²) in [6, 6.07) is 7.58. The zero-order valence-electron chi connectivity index (χ0n) is 16.1. The molecule has 0 saturated carbocycles. The Balaban J connectivity index is 2.21. The average Bonchev–Trinajstić information content (AvgIpc) is 2.68. The van der Waals surface area contributed by atoms with E-state index in [-0.39, 0.29) is 29.1 Å². The van der Waals surface area contributed by atoms with Gasteiger partial charge in [-0.15, -0.1) is 0 Å². The van der Waals surface area contributed by atoms with Gasteiger partial charge in [-0.2, -0.15) is 13.2 Å². The number of rotatable bonds is 5. The number of benzene rings is 2. The van der Waals surface area contributed by atoms with Gasteiger partial charge in [0.05, 0.1) is 34.5 Å². The van der Waals surface area contributed by atoms with E-state index in [0.29, 0.717) is 16.5 Å². The summed E-state index contributed by atoms with van der Waals surface area (Å²) < 4.78 is 44.2. The van der Waals surface area contributed by atoms with Crippen molar-refractivity contribution in [2.45, 2.75) is 20.0 Å². The molecular formula is C21H18F3N3O3. The van der Waals surface area contributed by atoms with Gasteiger partial charge in [0.1, 0.15) is 0 Å².